The molecule has 1 aliphatic heterocycles. The molecule has 0 atom stereocenters. The van der Waals surface area contributed by atoms with Gasteiger partial charge in [-0.3, -0.25) is 9.59 Å². The normalized spacial score (nSPS) is 14.6. The summed E-state index contributed by atoms with van der Waals surface area (Å²) in [4.78, 5) is 26.2. The molecule has 0 spiro atoms. The summed E-state index contributed by atoms with van der Waals surface area (Å²) >= 11 is 18.2. The van der Waals surface area contributed by atoms with Crippen molar-refractivity contribution in [1.29, 1.82) is 0 Å². The SMILES string of the molecule is COc1ccc(C2=C(Cl)C(=O)N(c3cccc(Cl)c3Cl)C2=O)cc1. The Kier molecular flexibility index (Phi) is 4.54. The third-order valence-electron chi connectivity index (χ3n) is 3.58. The van der Waals surface area contributed by atoms with E-state index < -0.39 is 11.8 Å². The maximum absolute atomic E-state index is 12.8. The van der Waals surface area contributed by atoms with E-state index in [1.807, 2.05) is 0 Å². The van der Waals surface area contributed by atoms with Gasteiger partial charge in [-0.05, 0) is 29.8 Å². The molecule has 0 aliphatic carbocycles. The maximum atomic E-state index is 12.8. The quantitative estimate of drug-likeness (QED) is 0.733. The number of rotatable bonds is 3. The van der Waals surface area contributed by atoms with E-state index in [-0.39, 0.29) is 26.3 Å². The van der Waals surface area contributed by atoms with Crippen molar-refractivity contribution in [3.8, 4) is 5.75 Å². The van der Waals surface area contributed by atoms with Crippen molar-refractivity contribution < 1.29 is 14.3 Å². The Morgan fingerprint density at radius 1 is 0.917 bits per heavy atom. The molecule has 122 valence electrons. The number of amides is 2. The van der Waals surface area contributed by atoms with Gasteiger partial charge in [-0.2, -0.15) is 0 Å². The fourth-order valence-corrected chi connectivity index (χ4v) is 3.05. The predicted octanol–water partition coefficient (Wildman–Crippen LogP) is 4.53. The Morgan fingerprint density at radius 3 is 2.21 bits per heavy atom. The predicted molar refractivity (Wildman–Crippen MR) is 94.7 cm³/mol. The number of ether oxygens (including phenoxy) is 1. The molecule has 4 nitrogen and oxygen atoms in total. The van der Waals surface area contributed by atoms with Crippen LogP contribution in [0.1, 0.15) is 5.56 Å². The molecule has 1 aliphatic rings. The number of benzene rings is 2. The third-order valence-corrected chi connectivity index (χ3v) is 4.74. The van der Waals surface area contributed by atoms with Crippen molar-refractivity contribution in [3.63, 3.8) is 0 Å². The number of imide groups is 1. The lowest BCUT2D eigenvalue weighted by Crippen LogP contribution is -2.31. The first-order chi connectivity index (χ1) is 11.5. The molecule has 1 heterocycles. The minimum atomic E-state index is -0.642. The van der Waals surface area contributed by atoms with Crippen molar-refractivity contribution in [2.75, 3.05) is 12.0 Å². The summed E-state index contributed by atoms with van der Waals surface area (Å²) in [5.41, 5.74) is 0.820. The van der Waals surface area contributed by atoms with Gasteiger partial charge in [-0.1, -0.05) is 53.0 Å². The summed E-state index contributed by atoms with van der Waals surface area (Å²) in [5.74, 6) is -0.571. The second-order valence-corrected chi connectivity index (χ2v) is 6.10. The Balaban J connectivity index is 2.05. The van der Waals surface area contributed by atoms with Gasteiger partial charge in [0.1, 0.15) is 10.8 Å². The van der Waals surface area contributed by atoms with Crippen molar-refractivity contribution in [2.45, 2.75) is 0 Å². The van der Waals surface area contributed by atoms with Gasteiger partial charge < -0.3 is 4.74 Å². The van der Waals surface area contributed by atoms with Gasteiger partial charge in [0.15, 0.2) is 0 Å². The second-order valence-electron chi connectivity index (χ2n) is 4.94. The van der Waals surface area contributed by atoms with Gasteiger partial charge in [0.2, 0.25) is 0 Å². The average Bonchev–Trinajstić information content (AvgIpc) is 2.80. The molecule has 0 saturated carbocycles. The van der Waals surface area contributed by atoms with E-state index >= 15 is 0 Å². The van der Waals surface area contributed by atoms with Crippen LogP contribution in [0.25, 0.3) is 5.57 Å². The van der Waals surface area contributed by atoms with Crippen LogP contribution in [0.15, 0.2) is 47.5 Å². The molecule has 0 radical (unpaired) electrons. The van der Waals surface area contributed by atoms with Gasteiger partial charge in [0, 0.05) is 0 Å². The molecule has 0 bridgehead atoms. The van der Waals surface area contributed by atoms with Gasteiger partial charge in [0.05, 0.1) is 28.4 Å². The van der Waals surface area contributed by atoms with Crippen LogP contribution in [0.3, 0.4) is 0 Å². The summed E-state index contributed by atoms with van der Waals surface area (Å²) < 4.78 is 5.08. The van der Waals surface area contributed by atoms with Crippen molar-refractivity contribution >= 4 is 57.9 Å². The maximum Gasteiger partial charge on any atom is 0.277 e. The van der Waals surface area contributed by atoms with Crippen molar-refractivity contribution in [1.82, 2.24) is 0 Å². The van der Waals surface area contributed by atoms with Crippen molar-refractivity contribution in [2.24, 2.45) is 0 Å². The molecule has 2 amide bonds. The molecule has 0 saturated heterocycles. The Bertz CT molecular complexity index is 875. The van der Waals surface area contributed by atoms with Gasteiger partial charge in [-0.25, -0.2) is 4.90 Å². The molecule has 0 aromatic heterocycles. The molecule has 2 aromatic rings. The average molecular weight is 383 g/mol. The molecule has 0 unspecified atom stereocenters. The molecular weight excluding hydrogens is 373 g/mol. The zero-order valence-electron chi connectivity index (χ0n) is 12.3. The van der Waals surface area contributed by atoms with E-state index in [2.05, 4.69) is 0 Å². The number of methoxy groups -OCH3 is 1. The first-order valence-corrected chi connectivity index (χ1v) is 7.96. The van der Waals surface area contributed by atoms with Crippen molar-refractivity contribution in [3.05, 3.63) is 63.1 Å². The van der Waals surface area contributed by atoms with E-state index in [1.54, 1.807) is 36.4 Å². The highest BCUT2D eigenvalue weighted by Gasteiger charge is 2.40. The lowest BCUT2D eigenvalue weighted by Gasteiger charge is -2.17. The first kappa shape index (κ1) is 16.8. The van der Waals surface area contributed by atoms with E-state index in [9.17, 15) is 9.59 Å². The van der Waals surface area contributed by atoms with E-state index in [4.69, 9.17) is 39.5 Å². The van der Waals surface area contributed by atoms with E-state index in [1.165, 1.54) is 13.2 Å². The number of carbonyl (C=O) groups excluding carboxylic acids is 2. The van der Waals surface area contributed by atoms with Crippen LogP contribution in [0.2, 0.25) is 10.0 Å². The van der Waals surface area contributed by atoms with Gasteiger partial charge in [0.25, 0.3) is 11.8 Å². The Labute approximate surface area is 153 Å². The number of carbonyl (C=O) groups is 2. The molecule has 0 N–H and O–H groups in total. The van der Waals surface area contributed by atoms with Gasteiger partial charge in [-0.15, -0.1) is 0 Å². The fraction of sp³-hybridized carbons (Fsp3) is 0.0588. The minimum absolute atomic E-state index is 0.111. The molecule has 0 fully saturated rings. The number of hydrogen-bond donors (Lipinski definition) is 0. The minimum Gasteiger partial charge on any atom is -0.497 e. The number of hydrogen-bond acceptors (Lipinski definition) is 3. The summed E-state index contributed by atoms with van der Waals surface area (Å²) in [7, 11) is 1.54. The van der Waals surface area contributed by atoms with Crippen LogP contribution >= 0.6 is 34.8 Å². The van der Waals surface area contributed by atoms with E-state index in [0.717, 1.165) is 4.90 Å². The van der Waals surface area contributed by atoms with Gasteiger partial charge >= 0.3 is 0 Å². The largest absolute Gasteiger partial charge is 0.497 e. The van der Waals surface area contributed by atoms with Crippen LogP contribution in [-0.2, 0) is 9.59 Å². The molecule has 24 heavy (non-hydrogen) atoms. The summed E-state index contributed by atoms with van der Waals surface area (Å²) in [5, 5.41) is 0.186. The number of anilines is 1. The molecule has 3 rings (SSSR count). The van der Waals surface area contributed by atoms with E-state index in [0.29, 0.717) is 11.3 Å². The highest BCUT2D eigenvalue weighted by Crippen LogP contribution is 2.40. The number of halogens is 3. The Morgan fingerprint density at radius 2 is 1.58 bits per heavy atom. The zero-order chi connectivity index (χ0) is 17.4. The standard InChI is InChI=1S/C17H10Cl3NO3/c1-24-10-7-5-9(6-8-10)13-15(20)17(23)21(16(13)22)12-4-2-3-11(18)14(12)19/h2-8H,1H3. The second kappa shape index (κ2) is 6.48. The fourth-order valence-electron chi connectivity index (χ4n) is 2.39. The molecule has 2 aromatic carbocycles. The zero-order valence-corrected chi connectivity index (χ0v) is 14.6. The Hall–Kier alpha value is -2.01. The number of nitrogens with zero attached hydrogens (tertiary/aromatic N) is 1. The summed E-state index contributed by atoms with van der Waals surface area (Å²) in [6.45, 7) is 0. The topological polar surface area (TPSA) is 46.6 Å². The van der Waals surface area contributed by atoms with Crippen LogP contribution in [0, 0.1) is 0 Å². The van der Waals surface area contributed by atoms with Crippen LogP contribution in [-0.4, -0.2) is 18.9 Å². The summed E-state index contributed by atoms with van der Waals surface area (Å²) in [6.07, 6.45) is 0. The van der Waals surface area contributed by atoms with Crippen LogP contribution < -0.4 is 9.64 Å². The molecular formula is C17H10Cl3NO3. The monoisotopic (exact) mass is 381 g/mol. The summed E-state index contributed by atoms with van der Waals surface area (Å²) in [6, 6.07) is 11.4. The lowest BCUT2D eigenvalue weighted by molar-refractivity contribution is -0.119. The van der Waals surface area contributed by atoms with Crippen LogP contribution in [0.5, 0.6) is 5.75 Å². The highest BCUT2D eigenvalue weighted by atomic mass is 35.5. The first-order valence-electron chi connectivity index (χ1n) is 6.82. The third kappa shape index (κ3) is 2.67. The highest BCUT2D eigenvalue weighted by molar-refractivity contribution is 6.61. The molecule has 7 heteroatoms. The smallest absolute Gasteiger partial charge is 0.277 e. The van der Waals surface area contributed by atoms with Crippen LogP contribution in [0.4, 0.5) is 5.69 Å². The lowest BCUT2D eigenvalue weighted by atomic mass is 10.1.